The molecule has 58 valence electrons. The highest BCUT2D eigenvalue weighted by Crippen LogP contribution is 2.19. The molecule has 0 aliphatic heterocycles. The smallest absolute Gasteiger partial charge is 0.129 e. The number of rotatable bonds is 1. The lowest BCUT2D eigenvalue weighted by atomic mass is 10.5. The fourth-order valence-electron chi connectivity index (χ4n) is 0.526. The minimum absolute atomic E-state index is 0.965. The van der Waals surface area contributed by atoms with Crippen molar-refractivity contribution in [2.24, 2.45) is 0 Å². The van der Waals surface area contributed by atoms with Crippen molar-refractivity contribution in [3.63, 3.8) is 0 Å². The van der Waals surface area contributed by atoms with Crippen LogP contribution in [0.2, 0.25) is 0 Å². The molecule has 1 nitrogen and oxygen atoms in total. The molecule has 2 heteroatoms. The third kappa shape index (κ3) is 2.87. The Bertz CT molecular complexity index is 170. The summed E-state index contributed by atoms with van der Waals surface area (Å²) in [7, 11) is 1.68. The molecule has 0 amide bonds. The highest BCUT2D eigenvalue weighted by molar-refractivity contribution is 7.10. The average Bonchev–Trinajstić information content (AvgIpc) is 2.40. The Kier molecular flexibility index (Phi) is 5.03. The quantitative estimate of drug-likeness (QED) is 0.610. The van der Waals surface area contributed by atoms with E-state index in [9.17, 15) is 0 Å². The van der Waals surface area contributed by atoms with Crippen molar-refractivity contribution >= 4 is 11.3 Å². The Morgan fingerprint density at radius 2 is 2.00 bits per heavy atom. The first-order valence-corrected chi connectivity index (χ1v) is 4.30. The van der Waals surface area contributed by atoms with Crippen molar-refractivity contribution in [3.8, 4) is 5.75 Å². The summed E-state index contributed by atoms with van der Waals surface area (Å²) in [6, 6.07) is 2.02. The van der Waals surface area contributed by atoms with Crippen LogP contribution >= 0.6 is 11.3 Å². The van der Waals surface area contributed by atoms with Crippen LogP contribution in [0.5, 0.6) is 5.75 Å². The maximum absolute atomic E-state index is 4.95. The Labute approximate surface area is 66.7 Å². The largest absolute Gasteiger partial charge is 0.496 e. The zero-order chi connectivity index (χ0) is 7.98. The van der Waals surface area contributed by atoms with Crippen LogP contribution in [0.4, 0.5) is 0 Å². The SMILES string of the molecule is CC.COc1csc(C)c1. The van der Waals surface area contributed by atoms with Crippen LogP contribution in [0.25, 0.3) is 0 Å². The minimum Gasteiger partial charge on any atom is -0.496 e. The normalized spacial score (nSPS) is 8.00. The van der Waals surface area contributed by atoms with Gasteiger partial charge in [0, 0.05) is 10.3 Å². The molecule has 0 atom stereocenters. The second kappa shape index (κ2) is 5.30. The van der Waals surface area contributed by atoms with Gasteiger partial charge in [0.1, 0.15) is 5.75 Å². The zero-order valence-corrected chi connectivity index (χ0v) is 7.79. The van der Waals surface area contributed by atoms with E-state index in [0.717, 1.165) is 5.75 Å². The molecule has 1 aromatic rings. The monoisotopic (exact) mass is 158 g/mol. The molecule has 1 rings (SSSR count). The Balaban J connectivity index is 0.000000371. The predicted molar refractivity (Wildman–Crippen MR) is 47.0 cm³/mol. The molecule has 0 aromatic carbocycles. The lowest BCUT2D eigenvalue weighted by molar-refractivity contribution is 0.416. The zero-order valence-electron chi connectivity index (χ0n) is 6.97. The second-order valence-corrected chi connectivity index (χ2v) is 2.71. The van der Waals surface area contributed by atoms with Crippen LogP contribution in [0.15, 0.2) is 11.4 Å². The Morgan fingerprint density at radius 3 is 2.20 bits per heavy atom. The van der Waals surface area contributed by atoms with E-state index in [0.29, 0.717) is 0 Å². The molecule has 0 N–H and O–H groups in total. The lowest BCUT2D eigenvalue weighted by Gasteiger charge is -1.87. The molecule has 0 radical (unpaired) electrons. The molecular weight excluding hydrogens is 144 g/mol. The van der Waals surface area contributed by atoms with Crippen LogP contribution in [0, 0.1) is 6.92 Å². The van der Waals surface area contributed by atoms with Gasteiger partial charge < -0.3 is 4.74 Å². The van der Waals surface area contributed by atoms with Crippen molar-refractivity contribution in [2.75, 3.05) is 7.11 Å². The van der Waals surface area contributed by atoms with Gasteiger partial charge in [0.15, 0.2) is 0 Å². The first-order chi connectivity index (χ1) is 4.83. The molecule has 10 heavy (non-hydrogen) atoms. The summed E-state index contributed by atoms with van der Waals surface area (Å²) in [4.78, 5) is 1.29. The van der Waals surface area contributed by atoms with E-state index in [1.807, 2.05) is 25.3 Å². The fourth-order valence-corrected chi connectivity index (χ4v) is 1.18. The van der Waals surface area contributed by atoms with Crippen LogP contribution in [-0.2, 0) is 0 Å². The van der Waals surface area contributed by atoms with Gasteiger partial charge >= 0.3 is 0 Å². The third-order valence-electron chi connectivity index (χ3n) is 0.942. The Hall–Kier alpha value is -0.500. The molecule has 0 saturated carbocycles. The van der Waals surface area contributed by atoms with E-state index >= 15 is 0 Å². The fraction of sp³-hybridized carbons (Fsp3) is 0.500. The molecule has 0 saturated heterocycles. The predicted octanol–water partition coefficient (Wildman–Crippen LogP) is 3.09. The van der Waals surface area contributed by atoms with Crippen molar-refractivity contribution < 1.29 is 4.74 Å². The van der Waals surface area contributed by atoms with Crippen molar-refractivity contribution in [1.82, 2.24) is 0 Å². The molecule has 0 spiro atoms. The molecule has 0 aliphatic carbocycles. The molecule has 1 heterocycles. The van der Waals surface area contributed by atoms with Gasteiger partial charge in [0.2, 0.25) is 0 Å². The minimum atomic E-state index is 0.965. The number of ether oxygens (including phenoxy) is 1. The van der Waals surface area contributed by atoms with Gasteiger partial charge in [0.05, 0.1) is 7.11 Å². The van der Waals surface area contributed by atoms with Crippen molar-refractivity contribution in [2.45, 2.75) is 20.8 Å². The van der Waals surface area contributed by atoms with E-state index in [1.165, 1.54) is 4.88 Å². The summed E-state index contributed by atoms with van der Waals surface area (Å²) in [5.41, 5.74) is 0. The van der Waals surface area contributed by atoms with Gasteiger partial charge in [-0.2, -0.15) is 0 Å². The number of thiophene rings is 1. The van der Waals surface area contributed by atoms with Gasteiger partial charge in [-0.15, -0.1) is 11.3 Å². The standard InChI is InChI=1S/C6H8OS.C2H6/c1-5-3-6(7-2)4-8-5;1-2/h3-4H,1-2H3;1-2H3. The molecule has 0 fully saturated rings. The second-order valence-electron chi connectivity index (χ2n) is 1.60. The van der Waals surface area contributed by atoms with E-state index < -0.39 is 0 Å². The molecule has 0 bridgehead atoms. The summed E-state index contributed by atoms with van der Waals surface area (Å²) < 4.78 is 4.95. The molecular formula is C8H14OS. The van der Waals surface area contributed by atoms with E-state index in [2.05, 4.69) is 6.92 Å². The highest BCUT2D eigenvalue weighted by Gasteiger charge is 1.90. The summed E-state index contributed by atoms with van der Waals surface area (Å²) in [6.07, 6.45) is 0. The number of aryl methyl sites for hydroxylation is 1. The Morgan fingerprint density at radius 1 is 1.40 bits per heavy atom. The number of methoxy groups -OCH3 is 1. The van der Waals surface area contributed by atoms with E-state index in [1.54, 1.807) is 18.4 Å². The van der Waals surface area contributed by atoms with Crippen molar-refractivity contribution in [3.05, 3.63) is 16.3 Å². The van der Waals surface area contributed by atoms with Crippen LogP contribution in [-0.4, -0.2) is 7.11 Å². The molecule has 0 aliphatic rings. The number of hydrogen-bond acceptors (Lipinski definition) is 2. The van der Waals surface area contributed by atoms with Gasteiger partial charge in [-0.3, -0.25) is 0 Å². The first kappa shape index (κ1) is 9.50. The highest BCUT2D eigenvalue weighted by atomic mass is 32.1. The maximum atomic E-state index is 4.95. The molecule has 0 unspecified atom stereocenters. The molecule has 1 aromatic heterocycles. The lowest BCUT2D eigenvalue weighted by Crippen LogP contribution is -1.75. The van der Waals surface area contributed by atoms with Gasteiger partial charge in [-0.25, -0.2) is 0 Å². The topological polar surface area (TPSA) is 9.23 Å². The maximum Gasteiger partial charge on any atom is 0.129 e. The van der Waals surface area contributed by atoms with Gasteiger partial charge in [0.25, 0.3) is 0 Å². The van der Waals surface area contributed by atoms with Crippen molar-refractivity contribution in [1.29, 1.82) is 0 Å². The average molecular weight is 158 g/mol. The number of hydrogen-bond donors (Lipinski definition) is 0. The van der Waals surface area contributed by atoms with Gasteiger partial charge in [-0.1, -0.05) is 13.8 Å². The summed E-state index contributed by atoms with van der Waals surface area (Å²) in [5.74, 6) is 0.965. The van der Waals surface area contributed by atoms with Gasteiger partial charge in [-0.05, 0) is 13.0 Å². The summed E-state index contributed by atoms with van der Waals surface area (Å²) in [6.45, 7) is 6.06. The summed E-state index contributed by atoms with van der Waals surface area (Å²) >= 11 is 1.70. The van der Waals surface area contributed by atoms with E-state index in [-0.39, 0.29) is 0 Å². The summed E-state index contributed by atoms with van der Waals surface area (Å²) in [5, 5.41) is 2.00. The van der Waals surface area contributed by atoms with Crippen LogP contribution < -0.4 is 4.74 Å². The van der Waals surface area contributed by atoms with E-state index in [4.69, 9.17) is 4.74 Å². The third-order valence-corrected chi connectivity index (χ3v) is 1.78. The first-order valence-electron chi connectivity index (χ1n) is 3.42. The van der Waals surface area contributed by atoms with Crippen LogP contribution in [0.1, 0.15) is 18.7 Å². The van der Waals surface area contributed by atoms with Crippen LogP contribution in [0.3, 0.4) is 0 Å².